The van der Waals surface area contributed by atoms with Crippen LogP contribution in [0.5, 0.6) is 0 Å². The monoisotopic (exact) mass is 374 g/mol. The van der Waals surface area contributed by atoms with E-state index in [4.69, 9.17) is 11.7 Å². The van der Waals surface area contributed by atoms with Gasteiger partial charge in [-0.25, -0.2) is 16.5 Å². The minimum Gasteiger partial charge on any atom is -0.361 e. The van der Waals surface area contributed by atoms with E-state index in [0.29, 0.717) is 31.2 Å². The van der Waals surface area contributed by atoms with Crippen LogP contribution in [0.3, 0.4) is 0 Å². The summed E-state index contributed by atoms with van der Waals surface area (Å²) >= 11 is 0. The summed E-state index contributed by atoms with van der Waals surface area (Å²) in [5, 5.41) is 18.4. The fourth-order valence-electron chi connectivity index (χ4n) is 4.09. The van der Waals surface area contributed by atoms with Gasteiger partial charge in [-0.1, -0.05) is 12.8 Å². The van der Waals surface area contributed by atoms with Gasteiger partial charge in [-0.15, -0.1) is 0 Å². The van der Waals surface area contributed by atoms with Gasteiger partial charge < -0.3 is 15.1 Å². The lowest BCUT2D eigenvalue weighted by Gasteiger charge is -2.21. The Morgan fingerprint density at radius 1 is 1.39 bits per heavy atom. The molecule has 0 saturated heterocycles. The van der Waals surface area contributed by atoms with Crippen molar-refractivity contribution in [3.05, 3.63) is 36.2 Å². The predicted octanol–water partition coefficient (Wildman–Crippen LogP) is 3.80. The smallest absolute Gasteiger partial charge is 0.231 e. The first-order valence-corrected chi connectivity index (χ1v) is 9.63. The molecule has 28 heavy (non-hydrogen) atoms. The number of hydrogen-bond donors (Lipinski definition) is 2. The number of rotatable bonds is 7. The largest absolute Gasteiger partial charge is 0.361 e. The van der Waals surface area contributed by atoms with E-state index < -0.39 is 0 Å². The summed E-state index contributed by atoms with van der Waals surface area (Å²) in [5.41, 5.74) is 2.44. The second-order valence-electron chi connectivity index (χ2n) is 7.12. The van der Waals surface area contributed by atoms with Crippen LogP contribution < -0.4 is 5.32 Å². The van der Waals surface area contributed by atoms with Crippen molar-refractivity contribution in [2.75, 3.05) is 18.4 Å². The van der Waals surface area contributed by atoms with Crippen molar-refractivity contribution in [3.8, 4) is 17.3 Å². The van der Waals surface area contributed by atoms with Crippen LogP contribution in [0.2, 0.25) is 0 Å². The molecule has 1 saturated carbocycles. The van der Waals surface area contributed by atoms with Gasteiger partial charge in [-0.3, -0.25) is 4.68 Å². The van der Waals surface area contributed by atoms with Crippen molar-refractivity contribution < 1.29 is 0 Å². The maximum Gasteiger partial charge on any atom is 0.231 e. The number of aromatic amines is 1. The Morgan fingerprint density at radius 3 is 3.04 bits per heavy atom. The molecule has 142 valence electrons. The van der Waals surface area contributed by atoms with E-state index in [1.54, 1.807) is 0 Å². The molecule has 1 unspecified atom stereocenters. The van der Waals surface area contributed by atoms with Crippen molar-refractivity contribution >= 4 is 16.9 Å². The normalized spacial score (nSPS) is 15.4. The summed E-state index contributed by atoms with van der Waals surface area (Å²) in [6.45, 7) is 7.90. The molecule has 1 aliphatic rings. The van der Waals surface area contributed by atoms with Crippen LogP contribution >= 0.6 is 0 Å². The third kappa shape index (κ3) is 3.41. The maximum atomic E-state index is 9.37. The molecule has 0 radical (unpaired) electrons. The Bertz CT molecular complexity index is 1030. The molecule has 8 heteroatoms. The standard InChI is InChI=1S/C20H22N8/c1-22-10-11-24-20-16(18-15-7-9-23-19(15)26-13-25-18)12-28(27-20)17(6-8-21)14-4-2-3-5-14/h7,9,12-14,17H,2-6,10-11H2,(H,24,27)(H,23,25,26). The third-order valence-corrected chi connectivity index (χ3v) is 5.44. The second kappa shape index (κ2) is 8.10. The Kier molecular flexibility index (Phi) is 5.20. The highest BCUT2D eigenvalue weighted by Gasteiger charge is 2.28. The molecule has 1 aliphatic carbocycles. The molecule has 0 aromatic carbocycles. The zero-order chi connectivity index (χ0) is 19.3. The van der Waals surface area contributed by atoms with Crippen LogP contribution in [0.15, 0.2) is 24.8 Å². The van der Waals surface area contributed by atoms with E-state index in [1.807, 2.05) is 23.1 Å². The molecule has 4 rings (SSSR count). The van der Waals surface area contributed by atoms with Crippen LogP contribution in [0.25, 0.3) is 27.1 Å². The lowest BCUT2D eigenvalue weighted by molar-refractivity contribution is 0.315. The van der Waals surface area contributed by atoms with Crippen LogP contribution in [0.1, 0.15) is 38.1 Å². The fourth-order valence-corrected chi connectivity index (χ4v) is 4.09. The summed E-state index contributed by atoms with van der Waals surface area (Å²) in [6.07, 6.45) is 10.5. The Balaban J connectivity index is 1.77. The Hall–Kier alpha value is -3.39. The molecule has 3 heterocycles. The highest BCUT2D eigenvalue weighted by atomic mass is 15.3. The lowest BCUT2D eigenvalue weighted by Crippen LogP contribution is -2.18. The molecular weight excluding hydrogens is 352 g/mol. The lowest BCUT2D eigenvalue weighted by atomic mass is 9.96. The number of fused-ring (bicyclic) bond motifs is 1. The topological polar surface area (TPSA) is 99.6 Å². The molecular formula is C20H22N8. The number of hydrogen-bond acceptors (Lipinski definition) is 5. The van der Waals surface area contributed by atoms with Gasteiger partial charge in [-0.05, 0) is 24.8 Å². The zero-order valence-electron chi connectivity index (χ0n) is 15.6. The first kappa shape index (κ1) is 18.0. The van der Waals surface area contributed by atoms with Crippen molar-refractivity contribution in [2.24, 2.45) is 5.92 Å². The number of aromatic nitrogens is 5. The van der Waals surface area contributed by atoms with E-state index in [1.165, 1.54) is 19.2 Å². The quantitative estimate of drug-likeness (QED) is 0.484. The molecule has 0 amide bonds. The highest BCUT2D eigenvalue weighted by molar-refractivity contribution is 5.93. The van der Waals surface area contributed by atoms with Gasteiger partial charge in [-0.2, -0.15) is 10.4 Å². The SMILES string of the molecule is [C-]#[N+]CCNc1nn(C(CC#N)C2CCCC2)cc1-c1ncnc2[nH]ccc12. The van der Waals surface area contributed by atoms with Gasteiger partial charge in [0, 0.05) is 17.8 Å². The van der Waals surface area contributed by atoms with Crippen molar-refractivity contribution in [2.45, 2.75) is 38.1 Å². The fraction of sp³-hybridized carbons (Fsp3) is 0.450. The zero-order valence-corrected chi connectivity index (χ0v) is 15.6. The van der Waals surface area contributed by atoms with Gasteiger partial charge in [0.25, 0.3) is 0 Å². The summed E-state index contributed by atoms with van der Waals surface area (Å²) in [6, 6.07) is 4.35. The summed E-state index contributed by atoms with van der Waals surface area (Å²) in [7, 11) is 0. The third-order valence-electron chi connectivity index (χ3n) is 5.44. The van der Waals surface area contributed by atoms with Gasteiger partial charge in [0.2, 0.25) is 6.54 Å². The van der Waals surface area contributed by atoms with Crippen molar-refractivity contribution in [3.63, 3.8) is 0 Å². The van der Waals surface area contributed by atoms with Crippen LogP contribution in [-0.2, 0) is 0 Å². The Morgan fingerprint density at radius 2 is 2.25 bits per heavy atom. The van der Waals surface area contributed by atoms with Crippen molar-refractivity contribution in [1.29, 1.82) is 5.26 Å². The number of nitrogens with one attached hydrogen (secondary N) is 2. The van der Waals surface area contributed by atoms with Gasteiger partial charge >= 0.3 is 0 Å². The molecule has 1 atom stereocenters. The average molecular weight is 374 g/mol. The first-order chi connectivity index (χ1) is 13.8. The molecule has 8 nitrogen and oxygen atoms in total. The molecule has 2 N–H and O–H groups in total. The first-order valence-electron chi connectivity index (χ1n) is 9.63. The van der Waals surface area contributed by atoms with Crippen molar-refractivity contribution in [1.82, 2.24) is 24.7 Å². The summed E-state index contributed by atoms with van der Waals surface area (Å²) < 4.78 is 1.94. The molecule has 1 fully saturated rings. The molecule has 3 aromatic heterocycles. The van der Waals surface area contributed by atoms with Gasteiger partial charge in [0.15, 0.2) is 5.82 Å². The van der Waals surface area contributed by atoms with Gasteiger partial charge in [0.1, 0.15) is 12.0 Å². The number of anilines is 1. The number of nitriles is 1. The van der Waals surface area contributed by atoms with Crippen LogP contribution in [-0.4, -0.2) is 37.8 Å². The molecule has 0 spiro atoms. The second-order valence-corrected chi connectivity index (χ2v) is 7.12. The van der Waals surface area contributed by atoms with E-state index in [0.717, 1.165) is 35.1 Å². The molecule has 0 bridgehead atoms. The minimum atomic E-state index is 0.0613. The highest BCUT2D eigenvalue weighted by Crippen LogP contribution is 2.38. The minimum absolute atomic E-state index is 0.0613. The number of nitrogens with zero attached hydrogens (tertiary/aromatic N) is 6. The molecule has 0 aliphatic heterocycles. The summed E-state index contributed by atoms with van der Waals surface area (Å²) in [4.78, 5) is 15.3. The Labute approximate surface area is 163 Å². The summed E-state index contributed by atoms with van der Waals surface area (Å²) in [5.74, 6) is 1.17. The van der Waals surface area contributed by atoms with E-state index in [-0.39, 0.29) is 6.04 Å². The van der Waals surface area contributed by atoms with E-state index in [9.17, 15) is 5.26 Å². The van der Waals surface area contributed by atoms with Crippen LogP contribution in [0, 0.1) is 23.8 Å². The predicted molar refractivity (Wildman–Crippen MR) is 106 cm³/mol. The van der Waals surface area contributed by atoms with Gasteiger partial charge in [0.05, 0.1) is 36.3 Å². The molecule has 3 aromatic rings. The maximum absolute atomic E-state index is 9.37. The number of H-pyrrole nitrogens is 1. The average Bonchev–Trinajstić information content (AvgIpc) is 3.46. The van der Waals surface area contributed by atoms with E-state index >= 15 is 0 Å². The van der Waals surface area contributed by atoms with E-state index in [2.05, 4.69) is 31.2 Å². The van der Waals surface area contributed by atoms with Crippen LogP contribution in [0.4, 0.5) is 5.82 Å².